The van der Waals surface area contributed by atoms with Gasteiger partial charge in [-0.1, -0.05) is 20.8 Å². The number of methoxy groups -OCH3 is 1. The Hall–Kier alpha value is -1.77. The highest BCUT2D eigenvalue weighted by atomic mass is 16.5. The van der Waals surface area contributed by atoms with Crippen LogP contribution in [0, 0.1) is 0 Å². The number of aromatic nitrogens is 2. The van der Waals surface area contributed by atoms with E-state index in [0.29, 0.717) is 0 Å². The van der Waals surface area contributed by atoms with E-state index in [4.69, 9.17) is 4.74 Å². The lowest BCUT2D eigenvalue weighted by Gasteiger charge is -2.13. The zero-order valence-electron chi connectivity index (χ0n) is 10.7. The van der Waals surface area contributed by atoms with Crippen molar-refractivity contribution in [3.8, 4) is 17.0 Å². The molecule has 3 heteroatoms. The van der Waals surface area contributed by atoms with Gasteiger partial charge in [-0.2, -0.15) is 5.10 Å². The molecule has 90 valence electrons. The lowest BCUT2D eigenvalue weighted by Crippen LogP contribution is -2.11. The van der Waals surface area contributed by atoms with Crippen molar-refractivity contribution in [2.24, 2.45) is 0 Å². The van der Waals surface area contributed by atoms with Crippen LogP contribution in [0.2, 0.25) is 0 Å². The number of rotatable bonds is 2. The number of aromatic amines is 1. The average Bonchev–Trinajstić information content (AvgIpc) is 2.78. The summed E-state index contributed by atoms with van der Waals surface area (Å²) in [6.07, 6.45) is 0. The molecule has 3 nitrogen and oxygen atoms in total. The minimum Gasteiger partial charge on any atom is -0.497 e. The summed E-state index contributed by atoms with van der Waals surface area (Å²) in [6, 6.07) is 10.1. The Bertz CT molecular complexity index is 492. The first kappa shape index (κ1) is 11.7. The Morgan fingerprint density at radius 2 is 1.76 bits per heavy atom. The van der Waals surface area contributed by atoms with Crippen LogP contribution < -0.4 is 4.74 Å². The molecular weight excluding hydrogens is 212 g/mol. The van der Waals surface area contributed by atoms with Crippen molar-refractivity contribution < 1.29 is 4.74 Å². The standard InChI is InChI=1S/C14H18N2O/c1-14(2,3)13-9-12(15-16-13)10-5-7-11(17-4)8-6-10/h5-9H,1-4H3,(H,15,16). The first-order valence-electron chi connectivity index (χ1n) is 5.71. The summed E-state index contributed by atoms with van der Waals surface area (Å²) in [4.78, 5) is 0. The third-order valence-electron chi connectivity index (χ3n) is 2.75. The molecule has 0 saturated carbocycles. The Kier molecular flexibility index (Phi) is 2.92. The molecule has 17 heavy (non-hydrogen) atoms. The van der Waals surface area contributed by atoms with E-state index in [1.807, 2.05) is 24.3 Å². The van der Waals surface area contributed by atoms with E-state index >= 15 is 0 Å². The molecule has 0 atom stereocenters. The highest BCUT2D eigenvalue weighted by Gasteiger charge is 2.17. The van der Waals surface area contributed by atoms with Gasteiger partial charge in [0.05, 0.1) is 18.5 Å². The van der Waals surface area contributed by atoms with Crippen molar-refractivity contribution in [1.82, 2.24) is 10.2 Å². The van der Waals surface area contributed by atoms with E-state index in [-0.39, 0.29) is 5.41 Å². The molecule has 0 unspecified atom stereocenters. The second kappa shape index (κ2) is 4.24. The van der Waals surface area contributed by atoms with Gasteiger partial charge in [0.2, 0.25) is 0 Å². The molecule has 0 amide bonds. The van der Waals surface area contributed by atoms with Crippen molar-refractivity contribution in [2.45, 2.75) is 26.2 Å². The minimum absolute atomic E-state index is 0.0707. The summed E-state index contributed by atoms with van der Waals surface area (Å²) >= 11 is 0. The van der Waals surface area contributed by atoms with E-state index < -0.39 is 0 Å². The van der Waals surface area contributed by atoms with Crippen LogP contribution in [0.25, 0.3) is 11.3 Å². The molecule has 2 aromatic rings. The average molecular weight is 230 g/mol. The molecule has 1 aromatic carbocycles. The zero-order valence-corrected chi connectivity index (χ0v) is 10.7. The molecule has 0 bridgehead atoms. The minimum atomic E-state index is 0.0707. The molecule has 0 aliphatic rings. The van der Waals surface area contributed by atoms with Crippen molar-refractivity contribution in [2.75, 3.05) is 7.11 Å². The lowest BCUT2D eigenvalue weighted by molar-refractivity contribution is 0.415. The zero-order chi connectivity index (χ0) is 12.5. The Balaban J connectivity index is 2.30. The number of hydrogen-bond acceptors (Lipinski definition) is 2. The number of H-pyrrole nitrogens is 1. The first-order valence-corrected chi connectivity index (χ1v) is 5.71. The van der Waals surface area contributed by atoms with Crippen LogP contribution in [-0.4, -0.2) is 17.3 Å². The summed E-state index contributed by atoms with van der Waals surface area (Å²) < 4.78 is 5.14. The van der Waals surface area contributed by atoms with Crippen LogP contribution in [-0.2, 0) is 5.41 Å². The largest absolute Gasteiger partial charge is 0.497 e. The summed E-state index contributed by atoms with van der Waals surface area (Å²) in [5.74, 6) is 0.865. The summed E-state index contributed by atoms with van der Waals surface area (Å²) in [7, 11) is 1.67. The molecule has 1 N–H and O–H groups in total. The van der Waals surface area contributed by atoms with Gasteiger partial charge in [-0.15, -0.1) is 0 Å². The van der Waals surface area contributed by atoms with E-state index in [9.17, 15) is 0 Å². The summed E-state index contributed by atoms with van der Waals surface area (Å²) in [6.45, 7) is 6.46. The molecule has 0 radical (unpaired) electrons. The van der Waals surface area contributed by atoms with E-state index in [0.717, 1.165) is 22.7 Å². The van der Waals surface area contributed by atoms with Crippen LogP contribution in [0.3, 0.4) is 0 Å². The molecule has 1 heterocycles. The molecule has 0 fully saturated rings. The fraction of sp³-hybridized carbons (Fsp3) is 0.357. The fourth-order valence-electron chi connectivity index (χ4n) is 1.62. The van der Waals surface area contributed by atoms with Crippen molar-refractivity contribution in [1.29, 1.82) is 0 Å². The van der Waals surface area contributed by atoms with Gasteiger partial charge in [-0.25, -0.2) is 0 Å². The van der Waals surface area contributed by atoms with Gasteiger partial charge < -0.3 is 4.74 Å². The van der Waals surface area contributed by atoms with Gasteiger partial charge in [0.25, 0.3) is 0 Å². The maximum absolute atomic E-state index is 5.14. The van der Waals surface area contributed by atoms with Crippen LogP contribution in [0.1, 0.15) is 26.5 Å². The smallest absolute Gasteiger partial charge is 0.118 e. The predicted octanol–water partition coefficient (Wildman–Crippen LogP) is 3.38. The Morgan fingerprint density at radius 3 is 2.24 bits per heavy atom. The monoisotopic (exact) mass is 230 g/mol. The van der Waals surface area contributed by atoms with Gasteiger partial charge >= 0.3 is 0 Å². The number of ether oxygens (including phenoxy) is 1. The van der Waals surface area contributed by atoms with E-state index in [1.165, 1.54) is 0 Å². The van der Waals surface area contributed by atoms with Gasteiger partial charge in [-0.3, -0.25) is 5.10 Å². The Morgan fingerprint density at radius 1 is 1.12 bits per heavy atom. The first-order chi connectivity index (χ1) is 8.00. The number of nitrogens with zero attached hydrogens (tertiary/aromatic N) is 1. The number of benzene rings is 1. The maximum Gasteiger partial charge on any atom is 0.118 e. The molecule has 2 rings (SSSR count). The van der Waals surface area contributed by atoms with E-state index in [2.05, 4.69) is 37.0 Å². The predicted molar refractivity (Wildman–Crippen MR) is 69.3 cm³/mol. The SMILES string of the molecule is COc1ccc(-c2cc(C(C)(C)C)n[nH]2)cc1. The summed E-state index contributed by atoms with van der Waals surface area (Å²) in [5, 5.41) is 7.43. The molecule has 0 aliphatic heterocycles. The fourth-order valence-corrected chi connectivity index (χ4v) is 1.62. The normalized spacial score (nSPS) is 11.5. The molecule has 1 aromatic heterocycles. The molecular formula is C14H18N2O. The summed E-state index contributed by atoms with van der Waals surface area (Å²) in [5.41, 5.74) is 3.30. The third kappa shape index (κ3) is 2.49. The number of nitrogens with one attached hydrogen (secondary N) is 1. The van der Waals surface area contributed by atoms with Crippen molar-refractivity contribution in [3.05, 3.63) is 36.0 Å². The molecule has 0 spiro atoms. The van der Waals surface area contributed by atoms with Crippen LogP contribution in [0.15, 0.2) is 30.3 Å². The van der Waals surface area contributed by atoms with Crippen molar-refractivity contribution >= 4 is 0 Å². The Labute approximate surface area is 102 Å². The highest BCUT2D eigenvalue weighted by Crippen LogP contribution is 2.26. The van der Waals surface area contributed by atoms with Crippen LogP contribution in [0.5, 0.6) is 5.75 Å². The van der Waals surface area contributed by atoms with Crippen LogP contribution >= 0.6 is 0 Å². The topological polar surface area (TPSA) is 37.9 Å². The van der Waals surface area contributed by atoms with Gasteiger partial charge in [0, 0.05) is 5.41 Å². The molecule has 0 saturated heterocycles. The van der Waals surface area contributed by atoms with Gasteiger partial charge in [0.15, 0.2) is 0 Å². The van der Waals surface area contributed by atoms with Crippen LogP contribution in [0.4, 0.5) is 0 Å². The molecule has 0 aliphatic carbocycles. The number of hydrogen-bond donors (Lipinski definition) is 1. The van der Waals surface area contributed by atoms with Gasteiger partial charge in [0.1, 0.15) is 5.75 Å². The second-order valence-corrected chi connectivity index (χ2v) is 5.15. The second-order valence-electron chi connectivity index (χ2n) is 5.15. The van der Waals surface area contributed by atoms with Crippen molar-refractivity contribution in [3.63, 3.8) is 0 Å². The quantitative estimate of drug-likeness (QED) is 0.858. The third-order valence-corrected chi connectivity index (χ3v) is 2.75. The van der Waals surface area contributed by atoms with Gasteiger partial charge in [-0.05, 0) is 35.9 Å². The lowest BCUT2D eigenvalue weighted by atomic mass is 9.92. The maximum atomic E-state index is 5.14. The van der Waals surface area contributed by atoms with E-state index in [1.54, 1.807) is 7.11 Å². The highest BCUT2D eigenvalue weighted by molar-refractivity contribution is 5.60.